The largest absolute Gasteiger partial charge is 0.397 e. The Morgan fingerprint density at radius 2 is 0.944 bits per heavy atom. The smallest absolute Gasteiger partial charge is 0.0656 e. The molecule has 0 fully saturated rings. The molecule has 18 heavy (non-hydrogen) atoms. The summed E-state index contributed by atoms with van der Waals surface area (Å²) in [6.07, 6.45) is 0. The molecule has 0 atom stereocenters. The van der Waals surface area contributed by atoms with Crippen molar-refractivity contribution in [1.29, 1.82) is 0 Å². The molecule has 0 spiro atoms. The highest BCUT2D eigenvalue weighted by atomic mass is 35.5. The number of rotatable bonds is 1. The number of hydrogen-bond acceptors (Lipinski definition) is 2. The zero-order valence-corrected chi connectivity index (χ0v) is 12.0. The topological polar surface area (TPSA) is 52.0 Å². The minimum atomic E-state index is 0.355. The number of nitrogen functional groups attached to an aromatic ring is 2. The molecule has 0 aliphatic rings. The van der Waals surface area contributed by atoms with Crippen LogP contribution in [0.5, 0.6) is 0 Å². The van der Waals surface area contributed by atoms with Crippen molar-refractivity contribution in [3.05, 3.63) is 44.4 Å². The molecule has 2 aromatic carbocycles. The Hall–Kier alpha value is -0.800. The molecular formula is C12H8Cl4N2. The van der Waals surface area contributed by atoms with Gasteiger partial charge in [0.15, 0.2) is 0 Å². The van der Waals surface area contributed by atoms with Crippen LogP contribution >= 0.6 is 46.4 Å². The molecule has 0 unspecified atom stereocenters. The molecule has 94 valence electrons. The third-order valence-corrected chi connectivity index (χ3v) is 3.54. The highest BCUT2D eigenvalue weighted by molar-refractivity contribution is 6.38. The van der Waals surface area contributed by atoms with Crippen LogP contribution in [0.1, 0.15) is 0 Å². The summed E-state index contributed by atoms with van der Waals surface area (Å²) >= 11 is 23.9. The molecule has 0 heterocycles. The molecule has 0 aromatic heterocycles. The predicted molar refractivity (Wildman–Crippen MR) is 80.7 cm³/mol. The maximum atomic E-state index is 5.98. The molecule has 2 rings (SSSR count). The lowest BCUT2D eigenvalue weighted by atomic mass is 10.0. The number of hydrogen-bond donors (Lipinski definition) is 2. The average Bonchev–Trinajstić information content (AvgIpc) is 2.28. The van der Waals surface area contributed by atoms with Gasteiger partial charge in [0.1, 0.15) is 0 Å². The molecule has 0 amide bonds. The molecule has 0 aliphatic heterocycles. The normalized spacial score (nSPS) is 10.7. The van der Waals surface area contributed by atoms with Gasteiger partial charge in [0.05, 0.1) is 21.4 Å². The van der Waals surface area contributed by atoms with E-state index in [2.05, 4.69) is 0 Å². The quantitative estimate of drug-likeness (QED) is 0.715. The Kier molecular flexibility index (Phi) is 3.83. The molecule has 2 aromatic rings. The standard InChI is InChI=1S/C12H8Cl4N2/c13-5-1-7(11(17)9(15)3-5)8-2-6(14)4-10(16)12(8)18/h1-4H,17-18H2. The van der Waals surface area contributed by atoms with Crippen LogP contribution in [0.3, 0.4) is 0 Å². The van der Waals surface area contributed by atoms with E-state index in [1.807, 2.05) is 0 Å². The van der Waals surface area contributed by atoms with Crippen LogP contribution in [0, 0.1) is 0 Å². The van der Waals surface area contributed by atoms with Crippen LogP contribution in [0.4, 0.5) is 11.4 Å². The third-order valence-electron chi connectivity index (χ3n) is 2.48. The fourth-order valence-electron chi connectivity index (χ4n) is 1.62. The van der Waals surface area contributed by atoms with Gasteiger partial charge in [0, 0.05) is 21.2 Å². The van der Waals surface area contributed by atoms with E-state index in [-0.39, 0.29) is 0 Å². The van der Waals surface area contributed by atoms with E-state index in [0.717, 1.165) is 0 Å². The second-order valence-corrected chi connectivity index (χ2v) is 5.38. The molecule has 2 nitrogen and oxygen atoms in total. The fourth-order valence-corrected chi connectivity index (χ4v) is 2.60. The van der Waals surface area contributed by atoms with E-state index in [9.17, 15) is 0 Å². The summed E-state index contributed by atoms with van der Waals surface area (Å²) in [4.78, 5) is 0. The second kappa shape index (κ2) is 5.06. The van der Waals surface area contributed by atoms with Gasteiger partial charge in [-0.15, -0.1) is 0 Å². The second-order valence-electron chi connectivity index (χ2n) is 3.70. The molecular weight excluding hydrogens is 314 g/mol. The average molecular weight is 322 g/mol. The molecule has 0 saturated carbocycles. The first-order chi connectivity index (χ1) is 8.40. The zero-order chi connectivity index (χ0) is 13.4. The summed E-state index contributed by atoms with van der Waals surface area (Å²) in [6.45, 7) is 0. The van der Waals surface area contributed by atoms with Gasteiger partial charge in [-0.1, -0.05) is 46.4 Å². The highest BCUT2D eigenvalue weighted by Gasteiger charge is 2.13. The van der Waals surface area contributed by atoms with Crippen molar-refractivity contribution < 1.29 is 0 Å². The van der Waals surface area contributed by atoms with Gasteiger partial charge in [-0.05, 0) is 24.3 Å². The van der Waals surface area contributed by atoms with E-state index >= 15 is 0 Å². The summed E-state index contributed by atoms with van der Waals surface area (Å²) in [6, 6.07) is 6.46. The minimum Gasteiger partial charge on any atom is -0.397 e. The zero-order valence-electron chi connectivity index (χ0n) is 8.98. The van der Waals surface area contributed by atoms with Crippen LogP contribution in [0.25, 0.3) is 11.1 Å². The molecule has 0 bridgehead atoms. The molecule has 0 saturated heterocycles. The van der Waals surface area contributed by atoms with E-state index < -0.39 is 0 Å². The predicted octanol–water partition coefficient (Wildman–Crippen LogP) is 5.13. The summed E-state index contributed by atoms with van der Waals surface area (Å²) in [5.74, 6) is 0. The first-order valence-corrected chi connectivity index (χ1v) is 6.40. The molecule has 0 radical (unpaired) electrons. The van der Waals surface area contributed by atoms with Crippen LogP contribution in [-0.2, 0) is 0 Å². The van der Waals surface area contributed by atoms with Gasteiger partial charge in [-0.25, -0.2) is 0 Å². The SMILES string of the molecule is Nc1c(Cl)cc(Cl)cc1-c1cc(Cl)cc(Cl)c1N. The van der Waals surface area contributed by atoms with E-state index in [1.165, 1.54) is 0 Å². The van der Waals surface area contributed by atoms with Crippen molar-refractivity contribution in [1.82, 2.24) is 0 Å². The number of halogens is 4. The van der Waals surface area contributed by atoms with Crippen molar-refractivity contribution in [3.63, 3.8) is 0 Å². The Bertz CT molecular complexity index is 570. The van der Waals surface area contributed by atoms with Crippen LogP contribution in [-0.4, -0.2) is 0 Å². The van der Waals surface area contributed by atoms with Gasteiger partial charge in [0.2, 0.25) is 0 Å². The number of nitrogens with two attached hydrogens (primary N) is 2. The van der Waals surface area contributed by atoms with Crippen molar-refractivity contribution in [3.8, 4) is 11.1 Å². The van der Waals surface area contributed by atoms with Gasteiger partial charge >= 0.3 is 0 Å². The van der Waals surface area contributed by atoms with Crippen LogP contribution in [0.2, 0.25) is 20.1 Å². The Balaban J connectivity index is 2.77. The van der Waals surface area contributed by atoms with Gasteiger partial charge < -0.3 is 11.5 Å². The van der Waals surface area contributed by atoms with Crippen LogP contribution < -0.4 is 11.5 Å². The Morgan fingerprint density at radius 3 is 1.28 bits per heavy atom. The lowest BCUT2D eigenvalue weighted by molar-refractivity contribution is 1.60. The summed E-state index contributed by atoms with van der Waals surface area (Å²) in [5.41, 5.74) is 13.8. The lowest BCUT2D eigenvalue weighted by Gasteiger charge is -2.12. The Morgan fingerprint density at radius 1 is 0.611 bits per heavy atom. The molecule has 4 N–H and O–H groups in total. The van der Waals surface area contributed by atoms with E-state index in [4.69, 9.17) is 57.9 Å². The van der Waals surface area contributed by atoms with Gasteiger partial charge in [0.25, 0.3) is 0 Å². The first-order valence-electron chi connectivity index (χ1n) is 4.89. The maximum Gasteiger partial charge on any atom is 0.0656 e. The van der Waals surface area contributed by atoms with Crippen LogP contribution in [0.15, 0.2) is 24.3 Å². The Labute approximate surface area is 124 Å². The first kappa shape index (κ1) is 13.6. The molecule has 6 heteroatoms. The summed E-state index contributed by atoms with van der Waals surface area (Å²) in [5, 5.41) is 1.63. The summed E-state index contributed by atoms with van der Waals surface area (Å²) < 4.78 is 0. The van der Waals surface area contributed by atoms with Crippen molar-refractivity contribution in [2.24, 2.45) is 0 Å². The maximum absolute atomic E-state index is 5.98. The van der Waals surface area contributed by atoms with E-state index in [1.54, 1.807) is 24.3 Å². The number of anilines is 2. The van der Waals surface area contributed by atoms with Crippen molar-refractivity contribution >= 4 is 57.8 Å². The highest BCUT2D eigenvalue weighted by Crippen LogP contribution is 2.41. The lowest BCUT2D eigenvalue weighted by Crippen LogP contribution is -1.96. The third kappa shape index (κ3) is 2.47. The van der Waals surface area contributed by atoms with Crippen molar-refractivity contribution in [2.75, 3.05) is 11.5 Å². The van der Waals surface area contributed by atoms with Crippen molar-refractivity contribution in [2.45, 2.75) is 0 Å². The van der Waals surface area contributed by atoms with E-state index in [0.29, 0.717) is 42.6 Å². The fraction of sp³-hybridized carbons (Fsp3) is 0. The molecule has 0 aliphatic carbocycles. The summed E-state index contributed by atoms with van der Waals surface area (Å²) in [7, 11) is 0. The minimum absolute atomic E-state index is 0.355. The van der Waals surface area contributed by atoms with Gasteiger partial charge in [-0.3, -0.25) is 0 Å². The van der Waals surface area contributed by atoms with Gasteiger partial charge in [-0.2, -0.15) is 0 Å². The number of benzene rings is 2. The monoisotopic (exact) mass is 320 g/mol.